The van der Waals surface area contributed by atoms with Gasteiger partial charge in [-0.1, -0.05) is 0 Å². The smallest absolute Gasteiger partial charge is 0.227 e. The summed E-state index contributed by atoms with van der Waals surface area (Å²) in [5, 5.41) is 22.1. The average molecular weight is 335 g/mol. The molecule has 3 N–H and O–H groups in total. The first-order valence-corrected chi connectivity index (χ1v) is 8.93. The van der Waals surface area contributed by atoms with Crippen molar-refractivity contribution >= 4 is 11.8 Å². The molecule has 7 nitrogen and oxygen atoms in total. The molecule has 0 spiro atoms. The van der Waals surface area contributed by atoms with E-state index in [1.807, 2.05) is 13.1 Å². The lowest BCUT2D eigenvalue weighted by Gasteiger charge is -2.33. The van der Waals surface area contributed by atoms with Crippen molar-refractivity contribution in [2.24, 2.45) is 17.8 Å². The molecule has 2 saturated heterocycles. The number of rotatable bonds is 6. The molecule has 0 amide bonds. The van der Waals surface area contributed by atoms with E-state index in [1.54, 1.807) is 6.20 Å². The van der Waals surface area contributed by atoms with Crippen molar-refractivity contribution in [3.8, 4) is 0 Å². The highest BCUT2D eigenvalue weighted by atomic mass is 16.3. The van der Waals surface area contributed by atoms with E-state index in [0.29, 0.717) is 18.4 Å². The van der Waals surface area contributed by atoms with Crippen LogP contribution in [0.4, 0.5) is 11.8 Å². The Bertz CT molecular complexity index is 521. The minimum atomic E-state index is 0.208. The van der Waals surface area contributed by atoms with Gasteiger partial charge in [-0.15, -0.1) is 0 Å². The fourth-order valence-corrected chi connectivity index (χ4v) is 3.84. The summed E-state index contributed by atoms with van der Waals surface area (Å²) < 4.78 is 0. The highest BCUT2D eigenvalue weighted by Gasteiger charge is 2.35. The zero-order valence-corrected chi connectivity index (χ0v) is 14.4. The monoisotopic (exact) mass is 335 g/mol. The Balaban J connectivity index is 1.60. The number of piperidine rings is 1. The number of aromatic nitrogens is 2. The highest BCUT2D eigenvalue weighted by Crippen LogP contribution is 2.28. The van der Waals surface area contributed by atoms with Crippen LogP contribution in [0.3, 0.4) is 0 Å². The van der Waals surface area contributed by atoms with E-state index in [1.165, 1.54) is 0 Å². The van der Waals surface area contributed by atoms with Crippen LogP contribution in [0.2, 0.25) is 0 Å². The maximum atomic E-state index is 9.78. The lowest BCUT2D eigenvalue weighted by Crippen LogP contribution is -2.40. The molecule has 2 unspecified atom stereocenters. The molecule has 0 saturated carbocycles. The summed E-state index contributed by atoms with van der Waals surface area (Å²) in [5.41, 5.74) is 0. The van der Waals surface area contributed by atoms with E-state index in [-0.39, 0.29) is 12.5 Å². The Morgan fingerprint density at radius 3 is 2.58 bits per heavy atom. The van der Waals surface area contributed by atoms with Crippen molar-refractivity contribution < 1.29 is 10.2 Å². The minimum absolute atomic E-state index is 0.208. The number of aliphatic hydroxyl groups excluding tert-OH is 2. The lowest BCUT2D eigenvalue weighted by molar-refractivity contribution is 0.106. The number of likely N-dealkylation sites (tertiary alicyclic amines) is 1. The standard InChI is InChI=1S/C17H29N5O2/c1-18-16-2-5-19-17(20-16)22-9-14(15(10-22)12-24)8-21-6-3-13(11-23)4-7-21/h2,5,13-15,23-24H,3-4,6-12H2,1H3,(H,18,19,20). The number of hydrogen-bond donors (Lipinski definition) is 3. The van der Waals surface area contributed by atoms with Gasteiger partial charge in [0.1, 0.15) is 5.82 Å². The fourth-order valence-electron chi connectivity index (χ4n) is 3.84. The Kier molecular flexibility index (Phi) is 5.86. The van der Waals surface area contributed by atoms with E-state index in [4.69, 9.17) is 0 Å². The largest absolute Gasteiger partial charge is 0.396 e. The summed E-state index contributed by atoms with van der Waals surface area (Å²) in [7, 11) is 1.85. The minimum Gasteiger partial charge on any atom is -0.396 e. The van der Waals surface area contributed by atoms with Gasteiger partial charge in [0.2, 0.25) is 5.95 Å². The summed E-state index contributed by atoms with van der Waals surface area (Å²) in [6.07, 6.45) is 3.92. The molecule has 24 heavy (non-hydrogen) atoms. The van der Waals surface area contributed by atoms with Crippen LogP contribution in [0, 0.1) is 17.8 Å². The first-order valence-electron chi connectivity index (χ1n) is 8.93. The quantitative estimate of drug-likeness (QED) is 0.688. The Morgan fingerprint density at radius 1 is 1.17 bits per heavy atom. The molecule has 134 valence electrons. The summed E-state index contributed by atoms with van der Waals surface area (Å²) in [4.78, 5) is 13.6. The molecule has 3 rings (SSSR count). The second-order valence-corrected chi connectivity index (χ2v) is 7.03. The third-order valence-electron chi connectivity index (χ3n) is 5.45. The van der Waals surface area contributed by atoms with Crippen LogP contribution in [0.1, 0.15) is 12.8 Å². The van der Waals surface area contributed by atoms with Gasteiger partial charge in [0.15, 0.2) is 0 Å². The zero-order chi connectivity index (χ0) is 16.9. The molecule has 2 aliphatic heterocycles. The first-order chi connectivity index (χ1) is 11.7. The van der Waals surface area contributed by atoms with Crippen molar-refractivity contribution in [3.05, 3.63) is 12.3 Å². The Labute approximate surface area is 143 Å². The van der Waals surface area contributed by atoms with Crippen LogP contribution in [-0.2, 0) is 0 Å². The van der Waals surface area contributed by atoms with Crippen molar-refractivity contribution in [1.29, 1.82) is 0 Å². The molecule has 2 fully saturated rings. The summed E-state index contributed by atoms with van der Waals surface area (Å²) in [5.74, 6) is 2.72. The van der Waals surface area contributed by atoms with Gasteiger partial charge in [0, 0.05) is 52.0 Å². The van der Waals surface area contributed by atoms with Gasteiger partial charge in [-0.3, -0.25) is 0 Å². The maximum Gasteiger partial charge on any atom is 0.227 e. The number of nitrogens with one attached hydrogen (secondary N) is 1. The molecule has 1 aromatic rings. The number of anilines is 2. The normalized spacial score (nSPS) is 26.0. The van der Waals surface area contributed by atoms with Crippen molar-refractivity contribution in [2.45, 2.75) is 12.8 Å². The molecule has 0 aromatic carbocycles. The number of aliphatic hydroxyl groups is 2. The lowest BCUT2D eigenvalue weighted by atomic mass is 9.93. The number of hydrogen-bond acceptors (Lipinski definition) is 7. The molecule has 7 heteroatoms. The maximum absolute atomic E-state index is 9.78. The molecular weight excluding hydrogens is 306 g/mol. The van der Waals surface area contributed by atoms with Crippen molar-refractivity contribution in [1.82, 2.24) is 14.9 Å². The topological polar surface area (TPSA) is 84.8 Å². The van der Waals surface area contributed by atoms with Crippen LogP contribution in [0.5, 0.6) is 0 Å². The molecule has 0 radical (unpaired) electrons. The number of nitrogens with zero attached hydrogens (tertiary/aromatic N) is 4. The van der Waals surface area contributed by atoms with Gasteiger partial charge in [-0.25, -0.2) is 4.98 Å². The summed E-state index contributed by atoms with van der Waals surface area (Å²) in [6.45, 7) is 5.31. The van der Waals surface area contributed by atoms with Crippen LogP contribution in [0.25, 0.3) is 0 Å². The van der Waals surface area contributed by atoms with Crippen LogP contribution < -0.4 is 10.2 Å². The highest BCUT2D eigenvalue weighted by molar-refractivity contribution is 5.41. The molecule has 0 aliphatic carbocycles. The summed E-state index contributed by atoms with van der Waals surface area (Å²) in [6, 6.07) is 1.85. The third kappa shape index (κ3) is 3.96. The average Bonchev–Trinajstić information content (AvgIpc) is 3.05. The molecule has 2 atom stereocenters. The first kappa shape index (κ1) is 17.4. The molecule has 3 heterocycles. The molecule has 2 aliphatic rings. The van der Waals surface area contributed by atoms with Gasteiger partial charge >= 0.3 is 0 Å². The molecule has 1 aromatic heterocycles. The predicted molar refractivity (Wildman–Crippen MR) is 94.1 cm³/mol. The van der Waals surface area contributed by atoms with Gasteiger partial charge in [-0.05, 0) is 43.8 Å². The van der Waals surface area contributed by atoms with Crippen molar-refractivity contribution in [3.63, 3.8) is 0 Å². The van der Waals surface area contributed by atoms with Crippen LogP contribution in [0.15, 0.2) is 12.3 Å². The molecule has 0 bridgehead atoms. The van der Waals surface area contributed by atoms with Gasteiger partial charge in [-0.2, -0.15) is 4.98 Å². The van der Waals surface area contributed by atoms with Crippen LogP contribution >= 0.6 is 0 Å². The predicted octanol–water partition coefficient (Wildman–Crippen LogP) is 0.267. The Morgan fingerprint density at radius 2 is 1.92 bits per heavy atom. The summed E-state index contributed by atoms with van der Waals surface area (Å²) >= 11 is 0. The van der Waals surface area contributed by atoms with Crippen LogP contribution in [-0.4, -0.2) is 78.1 Å². The van der Waals surface area contributed by atoms with Gasteiger partial charge < -0.3 is 25.3 Å². The second-order valence-electron chi connectivity index (χ2n) is 7.03. The van der Waals surface area contributed by atoms with E-state index >= 15 is 0 Å². The van der Waals surface area contributed by atoms with Gasteiger partial charge in [0.25, 0.3) is 0 Å². The third-order valence-corrected chi connectivity index (χ3v) is 5.45. The van der Waals surface area contributed by atoms with E-state index in [2.05, 4.69) is 25.1 Å². The van der Waals surface area contributed by atoms with Crippen molar-refractivity contribution in [2.75, 3.05) is 63.2 Å². The van der Waals surface area contributed by atoms with Gasteiger partial charge in [0.05, 0.1) is 0 Å². The Hall–Kier alpha value is -1.44. The molecular formula is C17H29N5O2. The van der Waals surface area contributed by atoms with E-state index in [0.717, 1.165) is 57.3 Å². The van der Waals surface area contributed by atoms with E-state index < -0.39 is 0 Å². The fraction of sp³-hybridized carbons (Fsp3) is 0.765. The van der Waals surface area contributed by atoms with E-state index in [9.17, 15) is 10.2 Å². The SMILES string of the molecule is CNc1ccnc(N2CC(CO)C(CN3CCC(CO)CC3)C2)n1. The zero-order valence-electron chi connectivity index (χ0n) is 14.4. The second kappa shape index (κ2) is 8.09.